The molecule has 2 atom stereocenters. The van der Waals surface area contributed by atoms with Crippen LogP contribution in [0, 0.1) is 17.3 Å². The van der Waals surface area contributed by atoms with Gasteiger partial charge >= 0.3 is 11.9 Å². The van der Waals surface area contributed by atoms with Gasteiger partial charge in [0.1, 0.15) is 0 Å². The molecule has 1 spiro atoms. The van der Waals surface area contributed by atoms with E-state index in [1.165, 1.54) is 0 Å². The van der Waals surface area contributed by atoms with Gasteiger partial charge in [0.25, 0.3) is 0 Å². The monoisotopic (exact) mass is 292 g/mol. The second-order valence-electron chi connectivity index (χ2n) is 5.69. The number of aliphatic carboxylic acids is 2. The predicted molar refractivity (Wildman–Crippen MR) is 70.4 cm³/mol. The van der Waals surface area contributed by atoms with Crippen molar-refractivity contribution in [2.75, 3.05) is 13.2 Å². The van der Waals surface area contributed by atoms with Crippen molar-refractivity contribution in [2.24, 2.45) is 17.3 Å². The van der Waals surface area contributed by atoms with Gasteiger partial charge in [-0.3, -0.25) is 9.59 Å². The lowest BCUT2D eigenvalue weighted by molar-refractivity contribution is -0.277. The fourth-order valence-electron chi connectivity index (χ4n) is 3.29. The molecule has 6 nitrogen and oxygen atoms in total. The summed E-state index contributed by atoms with van der Waals surface area (Å²) in [6.07, 6.45) is -0.240. The summed E-state index contributed by atoms with van der Waals surface area (Å²) >= 11 is 0. The van der Waals surface area contributed by atoms with Crippen LogP contribution in [0.1, 0.15) is 18.3 Å². The Bertz CT molecular complexity index is 547. The van der Waals surface area contributed by atoms with Crippen LogP contribution in [0.15, 0.2) is 30.3 Å². The van der Waals surface area contributed by atoms with E-state index in [0.717, 1.165) is 5.56 Å². The highest BCUT2D eigenvalue weighted by atomic mass is 16.7. The Morgan fingerprint density at radius 1 is 1.05 bits per heavy atom. The lowest BCUT2D eigenvalue weighted by Crippen LogP contribution is -2.61. The molecular formula is C15H16O6. The summed E-state index contributed by atoms with van der Waals surface area (Å²) in [5.74, 6) is -3.98. The summed E-state index contributed by atoms with van der Waals surface area (Å²) in [5, 5.41) is 18.3. The van der Waals surface area contributed by atoms with E-state index >= 15 is 0 Å². The van der Waals surface area contributed by atoms with E-state index in [2.05, 4.69) is 0 Å². The standard InChI is InChI=1S/C15H16O6/c16-12(17)10-6-15(11(10)13(18)19)7-20-14(21-8-15)9-4-2-1-3-5-9/h1-5,10-11,14H,6-8H2,(H,16,17)(H,18,19)/t10-,11+,14?,15?/m1/s1. The van der Waals surface area contributed by atoms with E-state index < -0.39 is 35.5 Å². The molecule has 21 heavy (non-hydrogen) atoms. The molecule has 1 heterocycles. The second kappa shape index (κ2) is 5.13. The fraction of sp³-hybridized carbons (Fsp3) is 0.467. The third-order valence-corrected chi connectivity index (χ3v) is 4.39. The Morgan fingerprint density at radius 2 is 1.67 bits per heavy atom. The smallest absolute Gasteiger partial charge is 0.308 e. The van der Waals surface area contributed by atoms with E-state index in [1.54, 1.807) is 0 Å². The van der Waals surface area contributed by atoms with Gasteiger partial charge in [-0.15, -0.1) is 0 Å². The molecule has 6 heteroatoms. The summed E-state index contributed by atoms with van der Waals surface area (Å²) in [7, 11) is 0. The zero-order valence-electron chi connectivity index (χ0n) is 11.3. The first-order valence-corrected chi connectivity index (χ1v) is 6.77. The third-order valence-electron chi connectivity index (χ3n) is 4.39. The van der Waals surface area contributed by atoms with Gasteiger partial charge in [0.15, 0.2) is 6.29 Å². The van der Waals surface area contributed by atoms with E-state index in [1.807, 2.05) is 30.3 Å². The average Bonchev–Trinajstić information content (AvgIpc) is 2.45. The molecule has 0 amide bonds. The van der Waals surface area contributed by atoms with Crippen molar-refractivity contribution in [1.29, 1.82) is 0 Å². The van der Waals surface area contributed by atoms with Crippen LogP contribution in [0.5, 0.6) is 0 Å². The lowest BCUT2D eigenvalue weighted by atomic mass is 9.54. The molecular weight excluding hydrogens is 276 g/mol. The molecule has 2 aliphatic rings. The van der Waals surface area contributed by atoms with Gasteiger partial charge in [-0.1, -0.05) is 30.3 Å². The van der Waals surface area contributed by atoms with E-state index in [4.69, 9.17) is 14.6 Å². The fourth-order valence-corrected chi connectivity index (χ4v) is 3.29. The molecule has 1 aliphatic carbocycles. The highest BCUT2D eigenvalue weighted by Crippen LogP contribution is 2.54. The Hall–Kier alpha value is -1.92. The number of benzene rings is 1. The van der Waals surface area contributed by atoms with Crippen LogP contribution >= 0.6 is 0 Å². The van der Waals surface area contributed by atoms with Gasteiger partial charge in [-0.25, -0.2) is 0 Å². The molecule has 3 rings (SSSR count). The normalized spacial score (nSPS) is 35.1. The van der Waals surface area contributed by atoms with Crippen molar-refractivity contribution in [3.8, 4) is 0 Å². The Balaban J connectivity index is 1.70. The first kappa shape index (κ1) is 14.0. The molecule has 2 fully saturated rings. The number of hydrogen-bond donors (Lipinski definition) is 2. The van der Waals surface area contributed by atoms with E-state index in [9.17, 15) is 14.7 Å². The third kappa shape index (κ3) is 2.30. The van der Waals surface area contributed by atoms with Gasteiger partial charge in [0.05, 0.1) is 25.0 Å². The number of rotatable bonds is 3. The van der Waals surface area contributed by atoms with Crippen LogP contribution in [0.2, 0.25) is 0 Å². The van der Waals surface area contributed by atoms with Gasteiger partial charge in [0, 0.05) is 11.0 Å². The maximum Gasteiger partial charge on any atom is 0.308 e. The number of carboxylic acids is 2. The highest BCUT2D eigenvalue weighted by molar-refractivity contribution is 5.83. The lowest BCUT2D eigenvalue weighted by Gasteiger charge is -2.53. The number of carbonyl (C=O) groups is 2. The molecule has 112 valence electrons. The van der Waals surface area contributed by atoms with Crippen LogP contribution in [0.3, 0.4) is 0 Å². The Labute approximate surface area is 121 Å². The van der Waals surface area contributed by atoms with Crippen molar-refractivity contribution in [2.45, 2.75) is 12.7 Å². The Kier molecular flexibility index (Phi) is 3.43. The molecule has 0 aromatic heterocycles. The van der Waals surface area contributed by atoms with Crippen molar-refractivity contribution in [1.82, 2.24) is 0 Å². The predicted octanol–water partition coefficient (Wildman–Crippen LogP) is 1.52. The minimum Gasteiger partial charge on any atom is -0.481 e. The zero-order valence-corrected chi connectivity index (χ0v) is 11.3. The van der Waals surface area contributed by atoms with Gasteiger partial charge in [-0.05, 0) is 6.42 Å². The second-order valence-corrected chi connectivity index (χ2v) is 5.69. The molecule has 1 saturated carbocycles. The topological polar surface area (TPSA) is 93.1 Å². The molecule has 2 N–H and O–H groups in total. The summed E-state index contributed by atoms with van der Waals surface area (Å²) in [4.78, 5) is 22.4. The maximum absolute atomic E-state index is 11.3. The Morgan fingerprint density at radius 3 is 2.19 bits per heavy atom. The number of carboxylic acid groups (broad SMARTS) is 2. The molecule has 1 aromatic rings. The van der Waals surface area contributed by atoms with Crippen LogP contribution in [-0.4, -0.2) is 35.4 Å². The van der Waals surface area contributed by atoms with Crippen molar-refractivity contribution in [3.63, 3.8) is 0 Å². The van der Waals surface area contributed by atoms with Crippen LogP contribution in [-0.2, 0) is 19.1 Å². The largest absolute Gasteiger partial charge is 0.481 e. The first-order valence-electron chi connectivity index (χ1n) is 6.77. The van der Waals surface area contributed by atoms with Crippen LogP contribution in [0.25, 0.3) is 0 Å². The highest BCUT2D eigenvalue weighted by Gasteiger charge is 2.62. The van der Waals surface area contributed by atoms with E-state index in [0.29, 0.717) is 0 Å². The molecule has 0 radical (unpaired) electrons. The number of hydrogen-bond acceptors (Lipinski definition) is 4. The SMILES string of the molecule is O=C(O)[C@@H]1[C@H](C(=O)O)CC12COC(c1ccccc1)OC2. The molecule has 1 saturated heterocycles. The summed E-state index contributed by atoms with van der Waals surface area (Å²) in [6.45, 7) is 0.403. The minimum absolute atomic E-state index is 0.202. The molecule has 1 aromatic carbocycles. The minimum atomic E-state index is -1.10. The summed E-state index contributed by atoms with van der Waals surface area (Å²) in [5.41, 5.74) is 0.147. The number of ether oxygens (including phenoxy) is 2. The van der Waals surface area contributed by atoms with Gasteiger partial charge < -0.3 is 19.7 Å². The van der Waals surface area contributed by atoms with Crippen LogP contribution < -0.4 is 0 Å². The quantitative estimate of drug-likeness (QED) is 0.877. The molecule has 0 bridgehead atoms. The summed E-state index contributed by atoms with van der Waals surface area (Å²) < 4.78 is 11.3. The summed E-state index contributed by atoms with van der Waals surface area (Å²) in [6, 6.07) is 9.38. The zero-order chi connectivity index (χ0) is 15.0. The first-order chi connectivity index (χ1) is 10.0. The molecule has 1 aliphatic heterocycles. The van der Waals surface area contributed by atoms with Gasteiger partial charge in [-0.2, -0.15) is 0 Å². The van der Waals surface area contributed by atoms with Crippen LogP contribution in [0.4, 0.5) is 0 Å². The maximum atomic E-state index is 11.3. The van der Waals surface area contributed by atoms with Crippen molar-refractivity contribution >= 4 is 11.9 Å². The van der Waals surface area contributed by atoms with Crippen molar-refractivity contribution in [3.05, 3.63) is 35.9 Å². The van der Waals surface area contributed by atoms with E-state index in [-0.39, 0.29) is 19.6 Å². The van der Waals surface area contributed by atoms with Gasteiger partial charge in [0.2, 0.25) is 0 Å². The van der Waals surface area contributed by atoms with Crippen molar-refractivity contribution < 1.29 is 29.3 Å². The average molecular weight is 292 g/mol. The molecule has 0 unspecified atom stereocenters.